The van der Waals surface area contributed by atoms with Crippen LogP contribution in [0.3, 0.4) is 0 Å². The molecule has 530 valence electrons. The van der Waals surface area contributed by atoms with Crippen molar-refractivity contribution >= 4 is 101 Å². The minimum Gasteiger partial charge on any atom is -0.311 e. The van der Waals surface area contributed by atoms with E-state index in [1.165, 1.54) is 11.1 Å². The van der Waals surface area contributed by atoms with Gasteiger partial charge in [0.1, 0.15) is 0 Å². The summed E-state index contributed by atoms with van der Waals surface area (Å²) in [6.45, 7) is 31.1. The molecule has 2 aromatic heterocycles. The number of fused-ring (bicyclic) bond motifs is 10. The number of nitrogens with zero attached hydrogens (tertiary/aromatic N) is 4. The van der Waals surface area contributed by atoms with Gasteiger partial charge in [0.15, 0.2) is 0 Å². The van der Waals surface area contributed by atoms with Crippen LogP contribution < -0.4 is 26.2 Å². The fraction of sp³-hybridized carbons (Fsp3) is 0.235. The molecule has 2 aliphatic rings. The zero-order valence-corrected chi connectivity index (χ0v) is 64.2. The van der Waals surface area contributed by atoms with Gasteiger partial charge in [0, 0.05) is 72.3 Å². The van der Waals surface area contributed by atoms with Crippen molar-refractivity contribution in [3.8, 4) is 55.9 Å². The average Bonchev–Trinajstić information content (AvgIpc) is 1.55. The van der Waals surface area contributed by atoms with Gasteiger partial charge in [-0.2, -0.15) is 0 Å². The molecule has 0 spiro atoms. The second kappa shape index (κ2) is 26.0. The summed E-state index contributed by atoms with van der Waals surface area (Å²) in [5, 5.41) is 1.54. The van der Waals surface area contributed by atoms with Gasteiger partial charge in [0.25, 0.3) is 6.71 Å². The second-order valence-electron chi connectivity index (χ2n) is 35.1. The predicted molar refractivity (Wildman–Crippen MR) is 462 cm³/mol. The zero-order chi connectivity index (χ0) is 84.8. The quantitative estimate of drug-likeness (QED) is 0.113. The molecule has 0 radical (unpaired) electrons. The summed E-state index contributed by atoms with van der Waals surface area (Å²) in [5.41, 5.74) is 20.7. The SMILES string of the molecule is [2H]c1c([2H])c([2H])c2c(c1[2H])c1cc(C([2H])([2H])C(C)(C)C)ccc1n2-c1ccc2c(c1)N(c1cc(-c3ccccc3)c(CC(C)(C)C)cc1-c1ccccc1)c1cc(C(C)(C)C)cc3c1B2c1ccc(-n2c4ccc(C([2H])([2H])C(C)(C)C)cc4c4c([2H])c([2H])c([2H])c([2H])c42)cc1N3c1cc(-c2ccccc2)c(CC(C)(C)C)cc1-c1ccccc1. The van der Waals surface area contributed by atoms with E-state index in [0.717, 1.165) is 113 Å². The lowest BCUT2D eigenvalue weighted by atomic mass is 9.33. The van der Waals surface area contributed by atoms with Crippen molar-refractivity contribution < 1.29 is 16.4 Å². The molecular formula is C102H99BN4. The van der Waals surface area contributed by atoms with Crippen LogP contribution in [0.2, 0.25) is 0 Å². The third kappa shape index (κ3) is 12.9. The highest BCUT2D eigenvalue weighted by Crippen LogP contribution is 2.54. The predicted octanol–water partition coefficient (Wildman–Crippen LogP) is 26.3. The van der Waals surface area contributed by atoms with E-state index in [0.29, 0.717) is 44.3 Å². The first kappa shape index (κ1) is 56.5. The molecule has 15 aromatic rings. The number of aromatic nitrogens is 2. The largest absolute Gasteiger partial charge is 0.311 e. The molecule has 4 heterocycles. The number of hydrogen-bond acceptors (Lipinski definition) is 2. The van der Waals surface area contributed by atoms with E-state index in [2.05, 4.69) is 266 Å². The Bertz CT molecular complexity index is 6280. The number of para-hydroxylation sites is 2. The second-order valence-corrected chi connectivity index (χ2v) is 35.1. The number of hydrogen-bond donors (Lipinski definition) is 0. The molecule has 4 nitrogen and oxygen atoms in total. The first-order valence-corrected chi connectivity index (χ1v) is 37.8. The molecule has 0 N–H and O–H groups in total. The van der Waals surface area contributed by atoms with E-state index in [-0.39, 0.29) is 68.9 Å². The van der Waals surface area contributed by atoms with Gasteiger partial charge in [0.2, 0.25) is 0 Å². The van der Waals surface area contributed by atoms with Crippen molar-refractivity contribution in [2.75, 3.05) is 9.80 Å². The molecule has 0 aliphatic carbocycles. The van der Waals surface area contributed by atoms with Crippen LogP contribution in [0.4, 0.5) is 34.1 Å². The maximum atomic E-state index is 10.0. The van der Waals surface area contributed by atoms with E-state index < -0.39 is 47.8 Å². The third-order valence-electron chi connectivity index (χ3n) is 21.0. The van der Waals surface area contributed by atoms with E-state index in [4.69, 9.17) is 0 Å². The molecule has 5 heteroatoms. The van der Waals surface area contributed by atoms with Gasteiger partial charge in [-0.25, -0.2) is 0 Å². The lowest BCUT2D eigenvalue weighted by Crippen LogP contribution is -2.61. The monoisotopic (exact) mass is 1400 g/mol. The molecular weight excluding hydrogens is 1290 g/mol. The Morgan fingerprint density at radius 2 is 0.682 bits per heavy atom. The Hall–Kier alpha value is -10.9. The van der Waals surface area contributed by atoms with Gasteiger partial charge in [-0.15, -0.1) is 0 Å². The van der Waals surface area contributed by atoms with Gasteiger partial charge in [0.05, 0.1) is 44.4 Å². The van der Waals surface area contributed by atoms with Crippen molar-refractivity contribution in [3.05, 3.63) is 307 Å². The van der Waals surface area contributed by atoms with Crippen molar-refractivity contribution in [1.82, 2.24) is 9.13 Å². The molecule has 0 atom stereocenters. The smallest absolute Gasteiger partial charge is 0.252 e. The van der Waals surface area contributed by atoms with Gasteiger partial charge in [-0.3, -0.25) is 0 Å². The lowest BCUT2D eigenvalue weighted by molar-refractivity contribution is 0.411. The summed E-state index contributed by atoms with van der Waals surface area (Å²) < 4.78 is 119. The zero-order valence-electron chi connectivity index (χ0n) is 76.2. The third-order valence-corrected chi connectivity index (χ3v) is 21.0. The van der Waals surface area contributed by atoms with E-state index in [9.17, 15) is 16.4 Å². The standard InChI is InChI=1S/C102H99BN4/c1-98(2,3)62-66-44-50-89-83(52-66)77-40-28-30-42-87(77)104(89)75-46-48-85-93(58-75)106(91-60-79(68-32-20-16-21-33-68)72(64-100(7,8)9)54-81(91)70-36-24-18-25-37-70)95-56-74(102(13,14)15)57-96-97(95)103(85)86-49-47-76(105-88-43-31-29-41-78(88)84-53-67(45-51-90(84)105)63-99(4,5)6)59-94(86)107(96)92-61-80(69-34-22-17-23-35-69)73(65-101(10,11)12)55-82(92)71-38-26-19-27-39-71/h16-61H,62-65H2,1-15H3/i28D,29D,30D,31D,40D,41D,42D,43D,62D2,63D2. The molecule has 2 aliphatic heterocycles. The summed E-state index contributed by atoms with van der Waals surface area (Å²) in [7, 11) is 0. The molecule has 0 bridgehead atoms. The van der Waals surface area contributed by atoms with Crippen molar-refractivity contribution in [3.63, 3.8) is 0 Å². The Labute approximate surface area is 652 Å². The Morgan fingerprint density at radius 1 is 0.318 bits per heavy atom. The van der Waals surface area contributed by atoms with Crippen LogP contribution in [-0.4, -0.2) is 15.8 Å². The summed E-state index contributed by atoms with van der Waals surface area (Å²) >= 11 is 0. The molecule has 0 saturated carbocycles. The Balaban J connectivity index is 1.07. The number of benzene rings is 13. The molecule has 17 rings (SSSR count). The molecule has 0 unspecified atom stereocenters. The van der Waals surface area contributed by atoms with E-state index >= 15 is 0 Å². The minimum absolute atomic E-state index is 0.147. The summed E-state index contributed by atoms with van der Waals surface area (Å²) in [5.74, 6) is 0. The first-order chi connectivity index (χ1) is 56.0. The number of rotatable bonds is 12. The van der Waals surface area contributed by atoms with Gasteiger partial charge < -0.3 is 18.9 Å². The molecule has 107 heavy (non-hydrogen) atoms. The van der Waals surface area contributed by atoms with Crippen LogP contribution in [0.15, 0.2) is 279 Å². The van der Waals surface area contributed by atoms with Crippen LogP contribution >= 0.6 is 0 Å². The number of anilines is 6. The summed E-state index contributed by atoms with van der Waals surface area (Å²) in [6.07, 6.45) is -2.22. The average molecular weight is 1400 g/mol. The first-order valence-electron chi connectivity index (χ1n) is 43.8. The lowest BCUT2D eigenvalue weighted by Gasteiger charge is -2.46. The highest BCUT2D eigenvalue weighted by molar-refractivity contribution is 7.00. The van der Waals surface area contributed by atoms with E-state index in [1.54, 1.807) is 24.3 Å². The minimum atomic E-state index is -1.86. The van der Waals surface area contributed by atoms with Crippen molar-refractivity contribution in [1.29, 1.82) is 0 Å². The molecule has 0 saturated heterocycles. The van der Waals surface area contributed by atoms with Crippen LogP contribution in [0, 0.1) is 21.7 Å². The van der Waals surface area contributed by atoms with Gasteiger partial charge >= 0.3 is 0 Å². The molecule has 13 aromatic carbocycles. The van der Waals surface area contributed by atoms with Crippen LogP contribution in [0.1, 0.15) is 148 Å². The van der Waals surface area contributed by atoms with Crippen molar-refractivity contribution in [2.45, 2.75) is 135 Å². The molecule has 0 amide bonds. The maximum absolute atomic E-state index is 10.0. The van der Waals surface area contributed by atoms with E-state index in [1.807, 2.05) is 62.8 Å². The van der Waals surface area contributed by atoms with Crippen molar-refractivity contribution in [2.24, 2.45) is 21.7 Å². The summed E-state index contributed by atoms with van der Waals surface area (Å²) in [4.78, 5) is 4.94. The van der Waals surface area contributed by atoms with Gasteiger partial charge in [-0.1, -0.05) is 286 Å². The highest BCUT2D eigenvalue weighted by atomic mass is 15.2. The normalized spacial score (nSPS) is 15.1. The van der Waals surface area contributed by atoms with Gasteiger partial charge in [-0.05, 0) is 227 Å². The maximum Gasteiger partial charge on any atom is 0.252 e. The topological polar surface area (TPSA) is 16.3 Å². The van der Waals surface area contributed by atoms with Crippen LogP contribution in [-0.2, 0) is 31.0 Å². The highest BCUT2D eigenvalue weighted by Gasteiger charge is 2.46. The van der Waals surface area contributed by atoms with Crippen LogP contribution in [0.25, 0.3) is 99.5 Å². The van der Waals surface area contributed by atoms with Crippen LogP contribution in [0.5, 0.6) is 0 Å². The molecule has 0 fully saturated rings. The Kier molecular flexibility index (Phi) is 13.7. The summed E-state index contributed by atoms with van der Waals surface area (Å²) in [6, 6.07) is 78.3. The Morgan fingerprint density at radius 3 is 1.04 bits per heavy atom. The fourth-order valence-electron chi connectivity index (χ4n) is 16.7. The fourth-order valence-corrected chi connectivity index (χ4v) is 16.7.